The fraction of sp³-hybridized carbons (Fsp3) is 0.632. The summed E-state index contributed by atoms with van der Waals surface area (Å²) in [6.07, 6.45) is 8.56. The average molecular weight is 344 g/mol. The van der Waals surface area contributed by atoms with Crippen LogP contribution >= 0.6 is 0 Å². The van der Waals surface area contributed by atoms with Crippen LogP contribution in [0.3, 0.4) is 0 Å². The number of hydrogen-bond donors (Lipinski definition) is 1. The molecule has 0 unspecified atom stereocenters. The second-order valence-corrected chi connectivity index (χ2v) is 6.98. The molecule has 1 aromatic rings. The molecule has 0 radical (unpaired) electrons. The van der Waals surface area contributed by atoms with Gasteiger partial charge in [0.1, 0.15) is 6.04 Å². The third-order valence-corrected chi connectivity index (χ3v) is 5.16. The largest absolute Gasteiger partial charge is 0.381 e. The van der Waals surface area contributed by atoms with Crippen LogP contribution in [0.2, 0.25) is 0 Å². The molecular formula is C19H28N4O2. The highest BCUT2D eigenvalue weighted by molar-refractivity contribution is 5.88. The van der Waals surface area contributed by atoms with E-state index in [1.165, 1.54) is 0 Å². The van der Waals surface area contributed by atoms with Crippen LogP contribution in [-0.2, 0) is 9.59 Å². The molecule has 3 heterocycles. The van der Waals surface area contributed by atoms with Gasteiger partial charge in [0.15, 0.2) is 0 Å². The molecule has 0 aliphatic carbocycles. The summed E-state index contributed by atoms with van der Waals surface area (Å²) in [5.41, 5.74) is 1.03. The van der Waals surface area contributed by atoms with E-state index < -0.39 is 0 Å². The smallest absolute Gasteiger partial charge is 0.245 e. The van der Waals surface area contributed by atoms with Gasteiger partial charge in [-0.05, 0) is 44.2 Å². The molecule has 1 atom stereocenters. The molecule has 2 aliphatic rings. The van der Waals surface area contributed by atoms with Gasteiger partial charge in [-0.3, -0.25) is 14.6 Å². The Hall–Kier alpha value is -2.11. The molecule has 6 nitrogen and oxygen atoms in total. The Morgan fingerprint density at radius 1 is 1.24 bits per heavy atom. The quantitative estimate of drug-likeness (QED) is 0.890. The Labute approximate surface area is 149 Å². The van der Waals surface area contributed by atoms with Crippen LogP contribution in [0.1, 0.15) is 45.4 Å². The summed E-state index contributed by atoms with van der Waals surface area (Å²) in [6.45, 7) is 4.24. The van der Waals surface area contributed by atoms with E-state index in [9.17, 15) is 9.59 Å². The molecule has 2 saturated heterocycles. The van der Waals surface area contributed by atoms with Crippen LogP contribution in [0.15, 0.2) is 24.5 Å². The van der Waals surface area contributed by atoms with E-state index in [0.717, 1.165) is 57.4 Å². The van der Waals surface area contributed by atoms with E-state index in [-0.39, 0.29) is 17.9 Å². The molecule has 2 amide bonds. The second-order valence-electron chi connectivity index (χ2n) is 6.98. The number of aromatic nitrogens is 1. The molecule has 0 aromatic carbocycles. The van der Waals surface area contributed by atoms with Gasteiger partial charge in [-0.15, -0.1) is 0 Å². The summed E-state index contributed by atoms with van der Waals surface area (Å²) in [5.74, 6) is 0.272. The molecule has 3 rings (SSSR count). The number of nitrogens with zero attached hydrogens (tertiary/aromatic N) is 3. The van der Waals surface area contributed by atoms with Gasteiger partial charge >= 0.3 is 0 Å². The predicted molar refractivity (Wildman–Crippen MR) is 97.1 cm³/mol. The lowest BCUT2D eigenvalue weighted by molar-refractivity contribution is -0.144. The van der Waals surface area contributed by atoms with Gasteiger partial charge in [-0.25, -0.2) is 0 Å². The normalized spacial score (nSPS) is 21.4. The maximum Gasteiger partial charge on any atom is 0.245 e. The number of pyridine rings is 1. The molecule has 6 heteroatoms. The number of carbonyl (C=O) groups excluding carboxylic acids is 2. The number of nitrogens with one attached hydrogen (secondary N) is 1. The minimum absolute atomic E-state index is 0.131. The van der Waals surface area contributed by atoms with Crippen LogP contribution in [0.25, 0.3) is 0 Å². The molecule has 1 N–H and O–H groups in total. The van der Waals surface area contributed by atoms with Gasteiger partial charge in [0, 0.05) is 44.5 Å². The monoisotopic (exact) mass is 344 g/mol. The van der Waals surface area contributed by atoms with Crippen LogP contribution in [0.4, 0.5) is 5.69 Å². The van der Waals surface area contributed by atoms with Gasteiger partial charge in [0.25, 0.3) is 0 Å². The number of piperidine rings is 1. The van der Waals surface area contributed by atoms with Gasteiger partial charge in [-0.1, -0.05) is 6.92 Å². The first-order valence-electron chi connectivity index (χ1n) is 9.44. The molecule has 1 aromatic heterocycles. The van der Waals surface area contributed by atoms with Crippen molar-refractivity contribution < 1.29 is 9.59 Å². The van der Waals surface area contributed by atoms with Crippen LogP contribution in [0, 0.1) is 0 Å². The fourth-order valence-electron chi connectivity index (χ4n) is 3.82. The van der Waals surface area contributed by atoms with Crippen molar-refractivity contribution in [1.82, 2.24) is 14.8 Å². The zero-order valence-corrected chi connectivity index (χ0v) is 15.0. The Kier molecular flexibility index (Phi) is 5.89. The van der Waals surface area contributed by atoms with Crippen LogP contribution < -0.4 is 5.32 Å². The maximum absolute atomic E-state index is 12.9. The summed E-state index contributed by atoms with van der Waals surface area (Å²) in [7, 11) is 0. The number of carbonyl (C=O) groups is 2. The van der Waals surface area contributed by atoms with Gasteiger partial charge < -0.3 is 15.1 Å². The standard InChI is InChI=1S/C19H28N4O2/c1-2-5-18(24)23-11-4-7-17(23)19(25)22-12-8-15(9-13-22)21-16-6-3-10-20-14-16/h3,6,10,14-15,17,21H,2,4-5,7-9,11-13H2,1H3/t17-/m0/s1. The summed E-state index contributed by atoms with van der Waals surface area (Å²) in [5, 5.41) is 3.49. The van der Waals surface area contributed by atoms with Gasteiger partial charge in [0.2, 0.25) is 11.8 Å². The molecule has 25 heavy (non-hydrogen) atoms. The van der Waals surface area contributed by atoms with Crippen molar-refractivity contribution in [3.8, 4) is 0 Å². The van der Waals surface area contributed by atoms with E-state index in [2.05, 4.69) is 10.3 Å². The molecular weight excluding hydrogens is 316 g/mol. The Morgan fingerprint density at radius 3 is 2.72 bits per heavy atom. The van der Waals surface area contributed by atoms with Crippen molar-refractivity contribution in [2.75, 3.05) is 25.0 Å². The first-order valence-corrected chi connectivity index (χ1v) is 9.44. The molecule has 0 bridgehead atoms. The topological polar surface area (TPSA) is 65.5 Å². The van der Waals surface area contributed by atoms with Crippen molar-refractivity contribution >= 4 is 17.5 Å². The lowest BCUT2D eigenvalue weighted by atomic mass is 10.0. The van der Waals surface area contributed by atoms with Crippen molar-refractivity contribution in [3.63, 3.8) is 0 Å². The van der Waals surface area contributed by atoms with E-state index in [4.69, 9.17) is 0 Å². The number of anilines is 1. The maximum atomic E-state index is 12.9. The van der Waals surface area contributed by atoms with E-state index in [1.54, 1.807) is 6.20 Å². The molecule has 136 valence electrons. The van der Waals surface area contributed by atoms with E-state index in [0.29, 0.717) is 12.5 Å². The van der Waals surface area contributed by atoms with Crippen LogP contribution in [0.5, 0.6) is 0 Å². The number of hydrogen-bond acceptors (Lipinski definition) is 4. The van der Waals surface area contributed by atoms with Gasteiger partial charge in [-0.2, -0.15) is 0 Å². The molecule has 2 aliphatic heterocycles. The number of rotatable bonds is 5. The first-order chi connectivity index (χ1) is 12.2. The average Bonchev–Trinajstić information content (AvgIpc) is 3.13. The van der Waals surface area contributed by atoms with E-state index >= 15 is 0 Å². The van der Waals surface area contributed by atoms with Crippen molar-refractivity contribution in [3.05, 3.63) is 24.5 Å². The Morgan fingerprint density at radius 2 is 2.04 bits per heavy atom. The molecule has 0 saturated carbocycles. The zero-order chi connectivity index (χ0) is 17.6. The number of likely N-dealkylation sites (tertiary alicyclic amines) is 2. The van der Waals surface area contributed by atoms with Gasteiger partial charge in [0.05, 0.1) is 5.69 Å². The summed E-state index contributed by atoms with van der Waals surface area (Å²) >= 11 is 0. The summed E-state index contributed by atoms with van der Waals surface area (Å²) in [4.78, 5) is 33.0. The lowest BCUT2D eigenvalue weighted by Crippen LogP contribution is -2.51. The highest BCUT2D eigenvalue weighted by Gasteiger charge is 2.37. The molecule has 0 spiro atoms. The van der Waals surface area contributed by atoms with Crippen molar-refractivity contribution in [2.24, 2.45) is 0 Å². The zero-order valence-electron chi connectivity index (χ0n) is 15.0. The van der Waals surface area contributed by atoms with Crippen molar-refractivity contribution in [1.29, 1.82) is 0 Å². The van der Waals surface area contributed by atoms with Crippen molar-refractivity contribution in [2.45, 2.75) is 57.5 Å². The minimum atomic E-state index is -0.234. The molecule has 2 fully saturated rings. The third-order valence-electron chi connectivity index (χ3n) is 5.16. The first kappa shape index (κ1) is 17.7. The van der Waals surface area contributed by atoms with E-state index in [1.807, 2.05) is 35.1 Å². The summed E-state index contributed by atoms with van der Waals surface area (Å²) in [6, 6.07) is 4.07. The number of amides is 2. The highest BCUT2D eigenvalue weighted by atomic mass is 16.2. The lowest BCUT2D eigenvalue weighted by Gasteiger charge is -2.36. The third kappa shape index (κ3) is 4.30. The minimum Gasteiger partial charge on any atom is -0.381 e. The second kappa shape index (κ2) is 8.32. The summed E-state index contributed by atoms with van der Waals surface area (Å²) < 4.78 is 0. The highest BCUT2D eigenvalue weighted by Crippen LogP contribution is 2.23. The predicted octanol–water partition coefficient (Wildman–Crippen LogP) is 2.28. The fourth-order valence-corrected chi connectivity index (χ4v) is 3.82. The Bertz CT molecular complexity index is 584. The SMILES string of the molecule is CCCC(=O)N1CCC[C@H]1C(=O)N1CCC(Nc2cccnc2)CC1. The van der Waals surface area contributed by atoms with Crippen LogP contribution in [-0.4, -0.2) is 58.3 Å². The Balaban J connectivity index is 1.52.